The SMILES string of the molecule is c1ccc(-c2ccc(-c3nc(-c4ccccc4)nc(-c4ccc5nc(-c6ccccc6)c6cc7c(cc6c5c4)C4(c5ccccc5O7)c5ccccc5-c5ccccc54)n3)cc2)cc1.c1ccc(-c2cccc(-c3nc(-c4ccccc4)nc(-c4ccc5nc(-c6ccccc6)c6cc7c(cc6c5c4)C4(c5ccccc5O7)c5ccccc5-c5ccccc54)n3)c2)cc1. The van der Waals surface area contributed by atoms with E-state index in [2.05, 4.69) is 352 Å². The third kappa shape index (κ3) is 11.9. The molecule has 22 aromatic rings. The number of aromatic nitrogens is 8. The van der Waals surface area contributed by atoms with Crippen molar-refractivity contribution in [2.45, 2.75) is 10.8 Å². The second kappa shape index (κ2) is 29.9. The Labute approximate surface area is 738 Å². The molecule has 0 unspecified atom stereocenters. The Bertz CT molecular complexity index is 8150. The Kier molecular flexibility index (Phi) is 17.2. The molecule has 0 N–H and O–H groups in total. The zero-order chi connectivity index (χ0) is 84.4. The van der Waals surface area contributed by atoms with Gasteiger partial charge in [-0.15, -0.1) is 0 Å². The maximum absolute atomic E-state index is 6.99. The first-order valence-corrected chi connectivity index (χ1v) is 43.3. The summed E-state index contributed by atoms with van der Waals surface area (Å²) in [5.41, 5.74) is 28.7. The predicted octanol–water partition coefficient (Wildman–Crippen LogP) is 28.8. The molecule has 4 aromatic heterocycles. The van der Waals surface area contributed by atoms with Crippen molar-refractivity contribution in [1.29, 1.82) is 0 Å². The minimum Gasteiger partial charge on any atom is -0.457 e. The molecule has 10 heteroatoms. The zero-order valence-electron chi connectivity index (χ0n) is 69.0. The lowest BCUT2D eigenvalue weighted by Gasteiger charge is -2.39. The van der Waals surface area contributed by atoms with Gasteiger partial charge in [0.25, 0.3) is 0 Å². The van der Waals surface area contributed by atoms with Crippen molar-refractivity contribution in [3.05, 3.63) is 481 Å². The Morgan fingerprint density at radius 2 is 0.414 bits per heavy atom. The summed E-state index contributed by atoms with van der Waals surface area (Å²) < 4.78 is 14.0. The van der Waals surface area contributed by atoms with Gasteiger partial charge in [0.1, 0.15) is 23.0 Å². The minimum absolute atomic E-state index is 0.585. The molecule has 10 nitrogen and oxygen atoms in total. The quantitative estimate of drug-likeness (QED) is 0.122. The highest BCUT2D eigenvalue weighted by molar-refractivity contribution is 6.15. The van der Waals surface area contributed by atoms with Crippen LogP contribution in [0, 0.1) is 0 Å². The van der Waals surface area contributed by atoms with Crippen LogP contribution >= 0.6 is 0 Å². The van der Waals surface area contributed by atoms with Gasteiger partial charge in [-0.1, -0.05) is 358 Å². The van der Waals surface area contributed by atoms with Crippen molar-refractivity contribution in [2.24, 2.45) is 0 Å². The second-order valence-corrected chi connectivity index (χ2v) is 33.0. The molecular formula is C118H72N8O2. The highest BCUT2D eigenvalue weighted by atomic mass is 16.5. The molecule has 2 spiro atoms. The van der Waals surface area contributed by atoms with Crippen LogP contribution in [0.5, 0.6) is 23.0 Å². The van der Waals surface area contributed by atoms with Gasteiger partial charge in [0.05, 0.1) is 33.3 Å². The first-order chi connectivity index (χ1) is 63.4. The van der Waals surface area contributed by atoms with Crippen LogP contribution < -0.4 is 9.47 Å². The summed E-state index contributed by atoms with van der Waals surface area (Å²) in [6, 6.07) is 153. The third-order valence-electron chi connectivity index (χ3n) is 25.9. The fraction of sp³-hybridized carbons (Fsp3) is 0.0169. The highest BCUT2D eigenvalue weighted by Crippen LogP contribution is 2.65. The van der Waals surface area contributed by atoms with E-state index in [-0.39, 0.29) is 0 Å². The van der Waals surface area contributed by atoms with E-state index in [1.807, 2.05) is 84.9 Å². The Morgan fingerprint density at radius 1 is 0.148 bits per heavy atom. The number of pyridine rings is 2. The van der Waals surface area contributed by atoms with Crippen molar-refractivity contribution in [2.75, 3.05) is 0 Å². The monoisotopic (exact) mass is 1630 g/mol. The van der Waals surface area contributed by atoms with Crippen molar-refractivity contribution >= 4 is 43.4 Å². The molecule has 0 atom stereocenters. The molecule has 2 aliphatic heterocycles. The lowest BCUT2D eigenvalue weighted by Crippen LogP contribution is -2.32. The van der Waals surface area contributed by atoms with Crippen LogP contribution in [0.4, 0.5) is 0 Å². The number of para-hydroxylation sites is 2. The molecular weight excluding hydrogens is 1560 g/mol. The van der Waals surface area contributed by atoms with E-state index in [0.29, 0.717) is 34.9 Å². The fourth-order valence-electron chi connectivity index (χ4n) is 20.2. The van der Waals surface area contributed by atoms with E-state index in [1.165, 1.54) is 44.5 Å². The molecule has 596 valence electrons. The number of ether oxygens (including phenoxy) is 2. The molecule has 0 saturated carbocycles. The molecule has 2 aliphatic carbocycles. The molecule has 0 fully saturated rings. The Balaban J connectivity index is 0.000000139. The number of benzene rings is 18. The van der Waals surface area contributed by atoms with Gasteiger partial charge >= 0.3 is 0 Å². The summed E-state index contributed by atoms with van der Waals surface area (Å²) in [6.07, 6.45) is 0. The summed E-state index contributed by atoms with van der Waals surface area (Å²) in [4.78, 5) is 41.7. The smallest absolute Gasteiger partial charge is 0.164 e. The Hall–Kier alpha value is -17.1. The van der Waals surface area contributed by atoms with Gasteiger partial charge < -0.3 is 9.47 Å². The number of hydrogen-bond donors (Lipinski definition) is 0. The zero-order valence-corrected chi connectivity index (χ0v) is 69.0. The standard InChI is InChI=1S/2C59H36N4O/c1-4-17-37(18-5-1)40-23-16-24-41(33-40)57-61-56(39-21-8-3-9-22-39)62-58(63-57)42-31-32-52-46(34-42)45-35-51-54(36-47(45)55(60-52)38-19-6-2-7-20-38)64-53-30-15-14-29-50(53)59(51)48-27-12-10-25-43(48)44-26-11-13-28-49(44)59;1-4-16-37(17-5-1)38-28-30-41(31-29-38)57-61-56(40-20-8-3-9-21-40)62-58(63-57)42-32-33-52-46(34-42)45-35-51-54(36-47(45)55(60-52)39-18-6-2-7-19-39)64-53-27-15-14-26-50(53)59(51)48-24-12-10-22-43(48)44-23-11-13-25-49(44)59/h2*1-36H. The molecule has 4 aliphatic rings. The first-order valence-electron chi connectivity index (χ1n) is 43.3. The van der Waals surface area contributed by atoms with Crippen molar-refractivity contribution in [3.63, 3.8) is 0 Å². The van der Waals surface area contributed by atoms with Gasteiger partial charge in [0.15, 0.2) is 34.9 Å². The van der Waals surface area contributed by atoms with Crippen LogP contribution in [0.25, 0.3) is 179 Å². The average molecular weight is 1630 g/mol. The van der Waals surface area contributed by atoms with Crippen LogP contribution in [0.1, 0.15) is 44.5 Å². The number of rotatable bonds is 10. The molecule has 0 amide bonds. The third-order valence-corrected chi connectivity index (χ3v) is 25.9. The van der Waals surface area contributed by atoms with E-state index in [4.69, 9.17) is 49.3 Å². The van der Waals surface area contributed by atoms with Gasteiger partial charge in [0, 0.05) is 88.3 Å². The first kappa shape index (κ1) is 73.6. The Morgan fingerprint density at radius 3 is 0.797 bits per heavy atom. The number of hydrogen-bond acceptors (Lipinski definition) is 10. The van der Waals surface area contributed by atoms with E-state index in [0.717, 1.165) is 167 Å². The second-order valence-electron chi connectivity index (χ2n) is 33.0. The maximum Gasteiger partial charge on any atom is 0.164 e. The summed E-state index contributed by atoms with van der Waals surface area (Å²) in [5.74, 6) is 6.95. The lowest BCUT2D eigenvalue weighted by atomic mass is 9.65. The molecule has 0 radical (unpaired) electrons. The molecule has 0 saturated heterocycles. The van der Waals surface area contributed by atoms with Gasteiger partial charge in [-0.25, -0.2) is 39.9 Å². The highest BCUT2D eigenvalue weighted by Gasteiger charge is 2.53. The normalized spacial score (nSPS) is 12.9. The van der Waals surface area contributed by atoms with Crippen molar-refractivity contribution in [1.82, 2.24) is 39.9 Å². The van der Waals surface area contributed by atoms with Crippen LogP contribution in [-0.2, 0) is 10.8 Å². The van der Waals surface area contributed by atoms with Crippen molar-refractivity contribution in [3.8, 4) is 158 Å². The van der Waals surface area contributed by atoms with Crippen LogP contribution in [-0.4, -0.2) is 39.9 Å². The minimum atomic E-state index is -0.617. The number of fused-ring (bicyclic) bond motifs is 24. The van der Waals surface area contributed by atoms with Crippen molar-refractivity contribution < 1.29 is 9.47 Å². The summed E-state index contributed by atoms with van der Waals surface area (Å²) in [5, 5.41) is 6.15. The van der Waals surface area contributed by atoms with Gasteiger partial charge in [-0.05, 0) is 156 Å². The van der Waals surface area contributed by atoms with E-state index >= 15 is 0 Å². The van der Waals surface area contributed by atoms with Gasteiger partial charge in [-0.2, -0.15) is 0 Å². The van der Waals surface area contributed by atoms with Gasteiger partial charge in [-0.3, -0.25) is 0 Å². The van der Waals surface area contributed by atoms with Gasteiger partial charge in [0.2, 0.25) is 0 Å². The summed E-state index contributed by atoms with van der Waals surface area (Å²) >= 11 is 0. The molecule has 26 rings (SSSR count). The predicted molar refractivity (Wildman–Crippen MR) is 514 cm³/mol. The summed E-state index contributed by atoms with van der Waals surface area (Å²) in [7, 11) is 0. The van der Waals surface area contributed by atoms with Crippen LogP contribution in [0.3, 0.4) is 0 Å². The average Bonchev–Trinajstić information content (AvgIpc) is 1.50. The van der Waals surface area contributed by atoms with E-state index < -0.39 is 10.8 Å². The number of nitrogens with zero attached hydrogens (tertiary/aromatic N) is 8. The van der Waals surface area contributed by atoms with E-state index in [9.17, 15) is 0 Å². The van der Waals surface area contributed by atoms with E-state index in [1.54, 1.807) is 0 Å². The lowest BCUT2D eigenvalue weighted by molar-refractivity contribution is 0.437. The molecule has 18 aromatic carbocycles. The molecule has 128 heavy (non-hydrogen) atoms. The maximum atomic E-state index is 6.99. The largest absolute Gasteiger partial charge is 0.457 e. The topological polar surface area (TPSA) is 122 Å². The molecule has 0 bridgehead atoms. The fourth-order valence-corrected chi connectivity index (χ4v) is 20.2. The van der Waals surface area contributed by atoms with Crippen LogP contribution in [0.15, 0.2) is 437 Å². The van der Waals surface area contributed by atoms with Crippen LogP contribution in [0.2, 0.25) is 0 Å². The molecule has 6 heterocycles. The summed E-state index contributed by atoms with van der Waals surface area (Å²) in [6.45, 7) is 0.